The molecule has 1 aliphatic rings. The maximum Gasteiger partial charge on any atom is 0.417 e. The number of nitrogens with zero attached hydrogens (tertiary/aromatic N) is 2. The average Bonchev–Trinajstić information content (AvgIpc) is 3.20. The number of hydrogen-bond acceptors (Lipinski definition) is 4. The van der Waals surface area contributed by atoms with Gasteiger partial charge < -0.3 is 14.4 Å². The van der Waals surface area contributed by atoms with Gasteiger partial charge in [-0.15, -0.1) is 0 Å². The van der Waals surface area contributed by atoms with Gasteiger partial charge in [-0.3, -0.25) is 0 Å². The Hall–Kier alpha value is -2.80. The number of fused-ring (bicyclic) bond motifs is 1. The van der Waals surface area contributed by atoms with Crippen molar-refractivity contribution >= 4 is 5.69 Å². The molecular weight excluding hydrogens is 405 g/mol. The second-order valence-electron chi connectivity index (χ2n) is 8.65. The normalized spacial score (nSPS) is 16.6. The van der Waals surface area contributed by atoms with Crippen LogP contribution >= 0.6 is 0 Å². The summed E-state index contributed by atoms with van der Waals surface area (Å²) in [5.41, 5.74) is 1.89. The quantitative estimate of drug-likeness (QED) is 0.564. The predicted molar refractivity (Wildman–Crippen MR) is 113 cm³/mol. The van der Waals surface area contributed by atoms with Gasteiger partial charge in [0.1, 0.15) is 11.5 Å². The maximum atomic E-state index is 13.4. The number of hydrogen-bond donors (Lipinski definition) is 1. The molecule has 3 aromatic rings. The summed E-state index contributed by atoms with van der Waals surface area (Å²) in [6.45, 7) is 7.76. The average molecular weight is 430 g/mol. The molecule has 164 valence electrons. The zero-order chi connectivity index (χ0) is 22.6. The lowest BCUT2D eigenvalue weighted by atomic mass is 9.95. The molecule has 2 heterocycles. The van der Waals surface area contributed by atoms with Gasteiger partial charge in [0.2, 0.25) is 5.89 Å². The van der Waals surface area contributed by atoms with Crippen molar-refractivity contribution in [1.29, 1.82) is 0 Å². The summed E-state index contributed by atoms with van der Waals surface area (Å²) in [5, 5.41) is 10.3. The van der Waals surface area contributed by atoms with E-state index in [0.29, 0.717) is 18.0 Å². The molecule has 0 spiro atoms. The second kappa shape index (κ2) is 7.41. The highest BCUT2D eigenvalue weighted by molar-refractivity contribution is 5.62. The van der Waals surface area contributed by atoms with Gasteiger partial charge >= 0.3 is 6.18 Å². The first-order valence-electron chi connectivity index (χ1n) is 10.2. The van der Waals surface area contributed by atoms with Crippen LogP contribution in [0.5, 0.6) is 0 Å². The summed E-state index contributed by atoms with van der Waals surface area (Å²) in [5.74, 6) is 0.477. The molecule has 1 aromatic heterocycles. The summed E-state index contributed by atoms with van der Waals surface area (Å²) in [6.07, 6.45) is -3.67. The minimum atomic E-state index is -4.49. The SMILES string of the molecule is Cc1oc(-c2ccccc2C(F)(F)F)nc1CN1c2ccc(C(C)(C)O)cc2CC1C. The Morgan fingerprint density at radius 3 is 2.55 bits per heavy atom. The Labute approximate surface area is 179 Å². The molecule has 4 rings (SSSR count). The van der Waals surface area contributed by atoms with Gasteiger partial charge in [-0.05, 0) is 63.4 Å². The van der Waals surface area contributed by atoms with Crippen molar-refractivity contribution in [2.24, 2.45) is 0 Å². The molecule has 0 amide bonds. The van der Waals surface area contributed by atoms with Gasteiger partial charge in [-0.25, -0.2) is 4.98 Å². The minimum absolute atomic E-state index is 0.0233. The van der Waals surface area contributed by atoms with Crippen molar-refractivity contribution in [2.45, 2.75) is 58.5 Å². The molecule has 7 heteroatoms. The van der Waals surface area contributed by atoms with E-state index in [2.05, 4.69) is 16.8 Å². The van der Waals surface area contributed by atoms with E-state index >= 15 is 0 Å². The number of aromatic nitrogens is 1. The van der Waals surface area contributed by atoms with Gasteiger partial charge in [-0.2, -0.15) is 13.2 Å². The topological polar surface area (TPSA) is 49.5 Å². The Kier molecular flexibility index (Phi) is 5.12. The van der Waals surface area contributed by atoms with Crippen molar-refractivity contribution < 1.29 is 22.7 Å². The minimum Gasteiger partial charge on any atom is -0.441 e. The van der Waals surface area contributed by atoms with Crippen molar-refractivity contribution in [3.8, 4) is 11.5 Å². The summed E-state index contributed by atoms with van der Waals surface area (Å²) in [6, 6.07) is 11.4. The fourth-order valence-electron chi connectivity index (χ4n) is 4.08. The van der Waals surface area contributed by atoms with Crippen LogP contribution in [0.3, 0.4) is 0 Å². The van der Waals surface area contributed by atoms with Crippen LogP contribution in [0.15, 0.2) is 46.9 Å². The van der Waals surface area contributed by atoms with Crippen LogP contribution in [0, 0.1) is 6.92 Å². The van der Waals surface area contributed by atoms with E-state index in [1.807, 2.05) is 18.2 Å². The Morgan fingerprint density at radius 1 is 1.16 bits per heavy atom. The van der Waals surface area contributed by atoms with E-state index in [0.717, 1.165) is 29.3 Å². The fraction of sp³-hybridized carbons (Fsp3) is 0.375. The molecule has 2 aromatic carbocycles. The van der Waals surface area contributed by atoms with E-state index in [9.17, 15) is 18.3 Å². The van der Waals surface area contributed by atoms with Crippen LogP contribution in [-0.2, 0) is 24.7 Å². The molecule has 1 unspecified atom stereocenters. The molecule has 0 radical (unpaired) electrons. The van der Waals surface area contributed by atoms with Gasteiger partial charge in [0, 0.05) is 17.3 Å². The molecule has 0 saturated heterocycles. The lowest BCUT2D eigenvalue weighted by Gasteiger charge is -2.24. The van der Waals surface area contributed by atoms with Crippen LogP contribution in [0.25, 0.3) is 11.5 Å². The van der Waals surface area contributed by atoms with Crippen LogP contribution in [-0.4, -0.2) is 16.1 Å². The Morgan fingerprint density at radius 2 is 1.87 bits per heavy atom. The van der Waals surface area contributed by atoms with E-state index in [-0.39, 0.29) is 17.5 Å². The van der Waals surface area contributed by atoms with Crippen molar-refractivity contribution in [2.75, 3.05) is 4.90 Å². The van der Waals surface area contributed by atoms with Crippen molar-refractivity contribution in [1.82, 2.24) is 4.98 Å². The first-order valence-corrected chi connectivity index (χ1v) is 10.2. The molecule has 0 bridgehead atoms. The van der Waals surface area contributed by atoms with E-state index < -0.39 is 17.3 Å². The summed E-state index contributed by atoms with van der Waals surface area (Å²) in [4.78, 5) is 6.61. The number of halogens is 3. The largest absolute Gasteiger partial charge is 0.441 e. The lowest BCUT2D eigenvalue weighted by Crippen LogP contribution is -2.29. The summed E-state index contributed by atoms with van der Waals surface area (Å²) >= 11 is 0. The highest BCUT2D eigenvalue weighted by atomic mass is 19.4. The standard InChI is InChI=1S/C24H25F3N2O2/c1-14-11-16-12-17(23(3,4)30)9-10-21(16)29(14)13-20-15(2)31-22(28-20)18-7-5-6-8-19(18)24(25,26)27/h5-10,12,14,30H,11,13H2,1-4H3. The predicted octanol–water partition coefficient (Wildman–Crippen LogP) is 5.85. The zero-order valence-electron chi connectivity index (χ0n) is 17.9. The van der Waals surface area contributed by atoms with Gasteiger partial charge in [-0.1, -0.05) is 24.3 Å². The number of aliphatic hydroxyl groups is 1. The third-order valence-electron chi connectivity index (χ3n) is 5.82. The second-order valence-corrected chi connectivity index (χ2v) is 8.65. The van der Waals surface area contributed by atoms with Gasteiger partial charge in [0.25, 0.3) is 0 Å². The van der Waals surface area contributed by atoms with E-state index in [1.165, 1.54) is 12.1 Å². The molecule has 0 aliphatic carbocycles. The zero-order valence-corrected chi connectivity index (χ0v) is 17.9. The number of benzene rings is 2. The third kappa shape index (κ3) is 4.06. The lowest BCUT2D eigenvalue weighted by molar-refractivity contribution is -0.137. The number of alkyl halides is 3. The van der Waals surface area contributed by atoms with Crippen LogP contribution in [0.2, 0.25) is 0 Å². The third-order valence-corrected chi connectivity index (χ3v) is 5.82. The Bertz CT molecular complexity index is 1110. The molecule has 31 heavy (non-hydrogen) atoms. The highest BCUT2D eigenvalue weighted by Gasteiger charge is 2.35. The summed E-state index contributed by atoms with van der Waals surface area (Å²) in [7, 11) is 0. The molecule has 0 saturated carbocycles. The number of aryl methyl sites for hydroxylation is 1. The molecule has 1 N–H and O–H groups in total. The smallest absolute Gasteiger partial charge is 0.417 e. The van der Waals surface area contributed by atoms with Crippen LogP contribution < -0.4 is 4.90 Å². The fourth-order valence-corrected chi connectivity index (χ4v) is 4.08. The van der Waals surface area contributed by atoms with Crippen molar-refractivity contribution in [3.63, 3.8) is 0 Å². The van der Waals surface area contributed by atoms with Crippen LogP contribution in [0.4, 0.5) is 18.9 Å². The first-order chi connectivity index (χ1) is 14.4. The monoisotopic (exact) mass is 430 g/mol. The van der Waals surface area contributed by atoms with E-state index in [1.54, 1.807) is 26.8 Å². The van der Waals surface area contributed by atoms with Crippen molar-refractivity contribution in [3.05, 3.63) is 70.6 Å². The molecule has 4 nitrogen and oxygen atoms in total. The number of anilines is 1. The molecular formula is C24H25F3N2O2. The van der Waals surface area contributed by atoms with Crippen LogP contribution in [0.1, 0.15) is 48.9 Å². The first kappa shape index (κ1) is 21.4. The summed E-state index contributed by atoms with van der Waals surface area (Å²) < 4.78 is 45.9. The molecule has 1 atom stereocenters. The molecule has 0 fully saturated rings. The van der Waals surface area contributed by atoms with Gasteiger partial charge in [0.15, 0.2) is 0 Å². The van der Waals surface area contributed by atoms with E-state index in [4.69, 9.17) is 4.42 Å². The van der Waals surface area contributed by atoms with Gasteiger partial charge in [0.05, 0.1) is 17.7 Å². The molecule has 1 aliphatic heterocycles. The number of rotatable bonds is 4. The maximum absolute atomic E-state index is 13.4. The highest BCUT2D eigenvalue weighted by Crippen LogP contribution is 2.39. The Balaban J connectivity index is 1.65. The number of oxazole rings is 1.